The zero-order valence-electron chi connectivity index (χ0n) is 14.4. The predicted molar refractivity (Wildman–Crippen MR) is 100 cm³/mol. The number of H-pyrrole nitrogens is 1. The zero-order chi connectivity index (χ0) is 18.5. The van der Waals surface area contributed by atoms with Crippen LogP contribution in [0.1, 0.15) is 25.5 Å². The van der Waals surface area contributed by atoms with Crippen LogP contribution in [0.25, 0.3) is 11.4 Å². The van der Waals surface area contributed by atoms with Gasteiger partial charge in [-0.25, -0.2) is 9.37 Å². The Morgan fingerprint density at radius 2 is 1.81 bits per heavy atom. The van der Waals surface area contributed by atoms with Gasteiger partial charge in [0.2, 0.25) is 11.1 Å². The van der Waals surface area contributed by atoms with Crippen LogP contribution >= 0.6 is 11.8 Å². The van der Waals surface area contributed by atoms with E-state index in [0.717, 1.165) is 5.56 Å². The summed E-state index contributed by atoms with van der Waals surface area (Å²) in [6.07, 6.45) is 0. The molecule has 0 aliphatic heterocycles. The number of amides is 1. The molecule has 3 rings (SSSR count). The standard InChI is InChI=1S/C19H19FN4OS/c1-12(14-8-4-3-5-9-14)21-18(25)13(2)26-19-22-17(23-24-19)15-10-6-7-11-16(15)20/h3-13H,1-2H3,(H,21,25)(H,22,23,24). The van der Waals surface area contributed by atoms with E-state index < -0.39 is 0 Å². The van der Waals surface area contributed by atoms with Gasteiger partial charge in [0, 0.05) is 0 Å². The summed E-state index contributed by atoms with van der Waals surface area (Å²) in [5.74, 6) is -0.137. The van der Waals surface area contributed by atoms with Gasteiger partial charge in [0.05, 0.1) is 16.9 Å². The van der Waals surface area contributed by atoms with E-state index in [-0.39, 0.29) is 23.0 Å². The number of carbonyl (C=O) groups is 1. The molecule has 0 bridgehead atoms. The summed E-state index contributed by atoms with van der Waals surface area (Å²) in [7, 11) is 0. The third kappa shape index (κ3) is 4.29. The van der Waals surface area contributed by atoms with Crippen LogP contribution in [-0.2, 0) is 4.79 Å². The van der Waals surface area contributed by atoms with Gasteiger partial charge in [-0.15, -0.1) is 5.10 Å². The molecule has 7 heteroatoms. The van der Waals surface area contributed by atoms with Crippen LogP contribution in [0.3, 0.4) is 0 Å². The first-order valence-corrected chi connectivity index (χ1v) is 9.12. The van der Waals surface area contributed by atoms with E-state index in [2.05, 4.69) is 20.5 Å². The number of rotatable bonds is 6. The second-order valence-corrected chi connectivity index (χ2v) is 7.16. The summed E-state index contributed by atoms with van der Waals surface area (Å²) in [4.78, 5) is 16.7. The van der Waals surface area contributed by atoms with Crippen molar-refractivity contribution in [1.82, 2.24) is 20.5 Å². The average molecular weight is 370 g/mol. The molecule has 1 amide bonds. The highest BCUT2D eigenvalue weighted by molar-refractivity contribution is 8.00. The highest BCUT2D eigenvalue weighted by Crippen LogP contribution is 2.24. The van der Waals surface area contributed by atoms with Gasteiger partial charge in [-0.05, 0) is 31.5 Å². The second kappa shape index (κ2) is 8.14. The number of nitrogens with zero attached hydrogens (tertiary/aromatic N) is 2. The Labute approximate surface area is 155 Å². The first-order chi connectivity index (χ1) is 12.5. The lowest BCUT2D eigenvalue weighted by Gasteiger charge is -2.16. The second-order valence-electron chi connectivity index (χ2n) is 5.85. The van der Waals surface area contributed by atoms with Gasteiger partial charge in [0.1, 0.15) is 5.82 Å². The summed E-state index contributed by atoms with van der Waals surface area (Å²) in [5, 5.41) is 9.79. The molecule has 134 valence electrons. The van der Waals surface area contributed by atoms with Crippen LogP contribution in [-0.4, -0.2) is 26.3 Å². The summed E-state index contributed by atoms with van der Waals surface area (Å²) in [5.41, 5.74) is 1.39. The zero-order valence-corrected chi connectivity index (χ0v) is 15.3. The number of aromatic amines is 1. The molecule has 2 N–H and O–H groups in total. The number of nitrogens with one attached hydrogen (secondary N) is 2. The average Bonchev–Trinajstić information content (AvgIpc) is 3.11. The third-order valence-electron chi connectivity index (χ3n) is 3.90. The van der Waals surface area contributed by atoms with E-state index in [9.17, 15) is 9.18 Å². The molecule has 0 saturated heterocycles. The minimum atomic E-state index is -0.384. The number of benzene rings is 2. The largest absolute Gasteiger partial charge is 0.349 e. The van der Waals surface area contributed by atoms with Crippen LogP contribution in [0.2, 0.25) is 0 Å². The minimum Gasteiger partial charge on any atom is -0.349 e. The Kier molecular flexibility index (Phi) is 5.68. The smallest absolute Gasteiger partial charge is 0.233 e. The fraction of sp³-hybridized carbons (Fsp3) is 0.211. The van der Waals surface area contributed by atoms with Crippen LogP contribution in [0.5, 0.6) is 0 Å². The summed E-state index contributed by atoms with van der Waals surface area (Å²) in [6.45, 7) is 3.73. The molecule has 1 heterocycles. The topological polar surface area (TPSA) is 70.7 Å². The SMILES string of the molecule is CC(Sc1n[nH]c(-c2ccccc2F)n1)C(=O)NC(C)c1ccccc1. The van der Waals surface area contributed by atoms with E-state index in [1.807, 2.05) is 37.3 Å². The van der Waals surface area contributed by atoms with Gasteiger partial charge in [0.15, 0.2) is 5.82 Å². The van der Waals surface area contributed by atoms with Crippen LogP contribution in [0.15, 0.2) is 59.8 Å². The number of thioether (sulfide) groups is 1. The molecule has 5 nitrogen and oxygen atoms in total. The third-order valence-corrected chi connectivity index (χ3v) is 4.86. The van der Waals surface area contributed by atoms with Gasteiger partial charge in [-0.1, -0.05) is 54.2 Å². The molecular weight excluding hydrogens is 351 g/mol. The Morgan fingerprint density at radius 1 is 1.12 bits per heavy atom. The van der Waals surface area contributed by atoms with E-state index >= 15 is 0 Å². The van der Waals surface area contributed by atoms with Crippen molar-refractivity contribution in [2.45, 2.75) is 30.3 Å². The fourth-order valence-corrected chi connectivity index (χ4v) is 3.17. The maximum atomic E-state index is 13.8. The Morgan fingerprint density at radius 3 is 2.54 bits per heavy atom. The molecule has 2 aromatic carbocycles. The van der Waals surface area contributed by atoms with Crippen molar-refractivity contribution in [1.29, 1.82) is 0 Å². The predicted octanol–water partition coefficient (Wildman–Crippen LogP) is 3.97. The summed E-state index contributed by atoms with van der Waals surface area (Å²) in [6, 6.07) is 16.0. The number of halogens is 1. The van der Waals surface area contributed by atoms with Gasteiger partial charge < -0.3 is 5.32 Å². The molecule has 0 radical (unpaired) electrons. The van der Waals surface area contributed by atoms with Crippen molar-refractivity contribution in [2.24, 2.45) is 0 Å². The van der Waals surface area contributed by atoms with Gasteiger partial charge in [-0.3, -0.25) is 9.89 Å². The number of hydrogen-bond donors (Lipinski definition) is 2. The van der Waals surface area contributed by atoms with Crippen LogP contribution in [0, 0.1) is 5.82 Å². The molecule has 2 unspecified atom stereocenters. The summed E-state index contributed by atoms with van der Waals surface area (Å²) < 4.78 is 13.8. The molecule has 0 aliphatic rings. The van der Waals surface area contributed by atoms with E-state index in [4.69, 9.17) is 0 Å². The lowest BCUT2D eigenvalue weighted by atomic mass is 10.1. The molecular formula is C19H19FN4OS. The van der Waals surface area contributed by atoms with Crippen LogP contribution < -0.4 is 5.32 Å². The van der Waals surface area contributed by atoms with Crippen LogP contribution in [0.4, 0.5) is 4.39 Å². The maximum Gasteiger partial charge on any atom is 0.233 e. The van der Waals surface area contributed by atoms with Gasteiger partial charge >= 0.3 is 0 Å². The first-order valence-electron chi connectivity index (χ1n) is 8.24. The fourth-order valence-electron chi connectivity index (χ4n) is 2.44. The summed E-state index contributed by atoms with van der Waals surface area (Å²) >= 11 is 1.22. The molecule has 0 fully saturated rings. The molecule has 0 saturated carbocycles. The minimum absolute atomic E-state index is 0.0899. The van der Waals surface area contributed by atoms with Gasteiger partial charge in [-0.2, -0.15) is 0 Å². The van der Waals surface area contributed by atoms with Crippen molar-refractivity contribution >= 4 is 17.7 Å². The quantitative estimate of drug-likeness (QED) is 0.644. The lowest BCUT2D eigenvalue weighted by Crippen LogP contribution is -2.33. The maximum absolute atomic E-state index is 13.8. The normalized spacial score (nSPS) is 13.2. The first kappa shape index (κ1) is 18.1. The molecule has 2 atom stereocenters. The Bertz CT molecular complexity index is 884. The van der Waals surface area contributed by atoms with Gasteiger partial charge in [0.25, 0.3) is 0 Å². The van der Waals surface area contributed by atoms with E-state index in [1.165, 1.54) is 17.8 Å². The van der Waals surface area contributed by atoms with Crippen molar-refractivity contribution in [3.63, 3.8) is 0 Å². The van der Waals surface area contributed by atoms with Crippen molar-refractivity contribution in [3.8, 4) is 11.4 Å². The highest BCUT2D eigenvalue weighted by Gasteiger charge is 2.20. The van der Waals surface area contributed by atoms with Crippen molar-refractivity contribution in [2.75, 3.05) is 0 Å². The molecule has 1 aromatic heterocycles. The molecule has 0 aliphatic carbocycles. The Hall–Kier alpha value is -2.67. The lowest BCUT2D eigenvalue weighted by molar-refractivity contribution is -0.120. The molecule has 26 heavy (non-hydrogen) atoms. The monoisotopic (exact) mass is 370 g/mol. The van der Waals surface area contributed by atoms with E-state index in [1.54, 1.807) is 25.1 Å². The van der Waals surface area contributed by atoms with Crippen molar-refractivity contribution in [3.05, 3.63) is 66.0 Å². The number of aromatic nitrogens is 3. The van der Waals surface area contributed by atoms with Crippen molar-refractivity contribution < 1.29 is 9.18 Å². The Balaban J connectivity index is 1.62. The number of carbonyl (C=O) groups excluding carboxylic acids is 1. The molecule has 0 spiro atoms. The number of hydrogen-bond acceptors (Lipinski definition) is 4. The highest BCUT2D eigenvalue weighted by atomic mass is 32.2. The molecule has 3 aromatic rings. The van der Waals surface area contributed by atoms with E-state index in [0.29, 0.717) is 16.5 Å².